The van der Waals surface area contributed by atoms with E-state index in [4.69, 9.17) is 0 Å². The zero-order valence-corrected chi connectivity index (χ0v) is 10.2. The van der Waals surface area contributed by atoms with Crippen molar-refractivity contribution in [2.75, 3.05) is 11.9 Å². The fourth-order valence-corrected chi connectivity index (χ4v) is 2.19. The minimum atomic E-state index is -0.356. The monoisotopic (exact) mass is 258 g/mol. The molecular formula is C13H14N4O2. The Bertz CT molecular complexity index is 621. The molecule has 19 heavy (non-hydrogen) atoms. The number of anilines is 1. The van der Waals surface area contributed by atoms with Crippen LogP contribution in [0.1, 0.15) is 21.6 Å². The number of aromatic nitrogens is 2. The lowest BCUT2D eigenvalue weighted by Gasteiger charge is -2.13. The van der Waals surface area contributed by atoms with E-state index >= 15 is 0 Å². The molecule has 1 aliphatic heterocycles. The van der Waals surface area contributed by atoms with Crippen LogP contribution in [0, 0.1) is 0 Å². The normalized spacial score (nSPS) is 13.9. The maximum atomic E-state index is 12.1. The van der Waals surface area contributed by atoms with Gasteiger partial charge in [-0.1, -0.05) is 12.1 Å². The minimum absolute atomic E-state index is 0.0360. The van der Waals surface area contributed by atoms with Crippen molar-refractivity contribution in [3.8, 4) is 5.75 Å². The standard InChI is InChI=1S/C13H14N4O2/c18-11-4-2-1-3-9(11)13(19)15-12-8-5-6-14-7-10(8)16-17-12/h1-4,14,18H,5-7H2,(H2,15,16,17,19). The summed E-state index contributed by atoms with van der Waals surface area (Å²) in [7, 11) is 0. The Morgan fingerprint density at radius 3 is 3.05 bits per heavy atom. The quantitative estimate of drug-likeness (QED) is 0.647. The number of aromatic amines is 1. The van der Waals surface area contributed by atoms with E-state index in [-0.39, 0.29) is 17.2 Å². The van der Waals surface area contributed by atoms with Crippen molar-refractivity contribution in [1.82, 2.24) is 15.5 Å². The Kier molecular flexibility index (Phi) is 2.92. The van der Waals surface area contributed by atoms with Crippen molar-refractivity contribution < 1.29 is 9.90 Å². The van der Waals surface area contributed by atoms with E-state index in [0.717, 1.165) is 30.8 Å². The molecule has 1 aliphatic rings. The van der Waals surface area contributed by atoms with Gasteiger partial charge in [0, 0.05) is 12.1 Å². The van der Waals surface area contributed by atoms with Crippen LogP contribution in [0.2, 0.25) is 0 Å². The van der Waals surface area contributed by atoms with Crippen LogP contribution in [0.5, 0.6) is 5.75 Å². The molecule has 0 atom stereocenters. The molecule has 2 heterocycles. The number of hydrogen-bond acceptors (Lipinski definition) is 4. The lowest BCUT2D eigenvalue weighted by atomic mass is 10.1. The second-order valence-corrected chi connectivity index (χ2v) is 4.43. The van der Waals surface area contributed by atoms with Crippen LogP contribution in [0.25, 0.3) is 0 Å². The number of aromatic hydroxyl groups is 1. The maximum absolute atomic E-state index is 12.1. The van der Waals surface area contributed by atoms with Gasteiger partial charge in [-0.25, -0.2) is 0 Å². The van der Waals surface area contributed by atoms with E-state index in [1.54, 1.807) is 18.2 Å². The molecule has 3 rings (SSSR count). The Hall–Kier alpha value is -2.34. The summed E-state index contributed by atoms with van der Waals surface area (Å²) in [5, 5.41) is 22.6. The summed E-state index contributed by atoms with van der Waals surface area (Å²) in [6.07, 6.45) is 0.822. The Labute approximate surface area is 109 Å². The van der Waals surface area contributed by atoms with Crippen molar-refractivity contribution in [3.63, 3.8) is 0 Å². The third-order valence-corrected chi connectivity index (χ3v) is 3.19. The SMILES string of the molecule is O=C(Nc1n[nH]c2c1CCNC2)c1ccccc1O. The molecule has 6 nitrogen and oxygen atoms in total. The second-order valence-electron chi connectivity index (χ2n) is 4.43. The number of nitrogens with one attached hydrogen (secondary N) is 3. The van der Waals surface area contributed by atoms with Crippen LogP contribution < -0.4 is 10.6 Å². The highest BCUT2D eigenvalue weighted by atomic mass is 16.3. The lowest BCUT2D eigenvalue weighted by Crippen LogP contribution is -2.24. The van der Waals surface area contributed by atoms with E-state index in [1.165, 1.54) is 6.07 Å². The average molecular weight is 258 g/mol. The van der Waals surface area contributed by atoms with Crippen molar-refractivity contribution in [2.24, 2.45) is 0 Å². The van der Waals surface area contributed by atoms with E-state index in [1.807, 2.05) is 0 Å². The third kappa shape index (κ3) is 2.17. The van der Waals surface area contributed by atoms with Gasteiger partial charge in [0.05, 0.1) is 11.3 Å². The summed E-state index contributed by atoms with van der Waals surface area (Å²) < 4.78 is 0. The summed E-state index contributed by atoms with van der Waals surface area (Å²) >= 11 is 0. The van der Waals surface area contributed by atoms with Gasteiger partial charge in [0.1, 0.15) is 5.75 Å². The predicted molar refractivity (Wildman–Crippen MR) is 70.1 cm³/mol. The molecule has 0 saturated heterocycles. The van der Waals surface area contributed by atoms with Crippen LogP contribution in [-0.2, 0) is 13.0 Å². The van der Waals surface area contributed by atoms with E-state index in [0.29, 0.717) is 5.82 Å². The topological polar surface area (TPSA) is 90.0 Å². The van der Waals surface area contributed by atoms with E-state index in [9.17, 15) is 9.90 Å². The second kappa shape index (κ2) is 4.74. The number of benzene rings is 1. The molecule has 4 N–H and O–H groups in total. The molecule has 0 spiro atoms. The molecule has 1 amide bonds. The molecule has 0 bridgehead atoms. The van der Waals surface area contributed by atoms with Gasteiger partial charge in [-0.15, -0.1) is 0 Å². The van der Waals surface area contributed by atoms with Crippen molar-refractivity contribution in [2.45, 2.75) is 13.0 Å². The summed E-state index contributed by atoms with van der Waals surface area (Å²) in [6, 6.07) is 6.44. The molecule has 1 aromatic heterocycles. The van der Waals surface area contributed by atoms with Crippen LogP contribution in [0.15, 0.2) is 24.3 Å². The summed E-state index contributed by atoms with van der Waals surface area (Å²) in [5.41, 5.74) is 2.27. The van der Waals surface area contributed by atoms with E-state index in [2.05, 4.69) is 20.8 Å². The van der Waals surface area contributed by atoms with Gasteiger partial charge in [0.2, 0.25) is 0 Å². The largest absolute Gasteiger partial charge is 0.507 e. The molecule has 1 aromatic carbocycles. The Morgan fingerprint density at radius 2 is 2.21 bits per heavy atom. The summed E-state index contributed by atoms with van der Waals surface area (Å²) in [5.74, 6) is 0.154. The van der Waals surface area contributed by atoms with Gasteiger partial charge in [0.15, 0.2) is 5.82 Å². The first-order valence-corrected chi connectivity index (χ1v) is 6.12. The number of phenols is 1. The number of hydrogen-bond donors (Lipinski definition) is 4. The Morgan fingerprint density at radius 1 is 1.37 bits per heavy atom. The number of rotatable bonds is 2. The predicted octanol–water partition coefficient (Wildman–Crippen LogP) is 1.01. The van der Waals surface area contributed by atoms with Crippen LogP contribution in [-0.4, -0.2) is 27.8 Å². The molecule has 0 aliphatic carbocycles. The fraction of sp³-hybridized carbons (Fsp3) is 0.231. The molecule has 0 unspecified atom stereocenters. The van der Waals surface area contributed by atoms with Gasteiger partial charge in [-0.3, -0.25) is 9.89 Å². The number of carbonyl (C=O) groups excluding carboxylic acids is 1. The van der Waals surface area contributed by atoms with Crippen LogP contribution in [0.4, 0.5) is 5.82 Å². The zero-order valence-electron chi connectivity index (χ0n) is 10.2. The molecule has 0 radical (unpaired) electrons. The average Bonchev–Trinajstić information content (AvgIpc) is 2.83. The number of fused-ring (bicyclic) bond motifs is 1. The highest BCUT2D eigenvalue weighted by Gasteiger charge is 2.19. The number of H-pyrrole nitrogens is 1. The summed E-state index contributed by atoms with van der Waals surface area (Å²) in [6.45, 7) is 1.60. The van der Waals surface area contributed by atoms with Gasteiger partial charge in [-0.2, -0.15) is 5.10 Å². The molecule has 0 fully saturated rings. The van der Waals surface area contributed by atoms with Gasteiger partial charge in [-0.05, 0) is 25.1 Å². The van der Waals surface area contributed by atoms with Gasteiger partial charge >= 0.3 is 0 Å². The van der Waals surface area contributed by atoms with E-state index < -0.39 is 0 Å². The number of amides is 1. The highest BCUT2D eigenvalue weighted by molar-refractivity contribution is 6.06. The smallest absolute Gasteiger partial charge is 0.260 e. The number of carbonyl (C=O) groups is 1. The number of nitrogens with zero attached hydrogens (tertiary/aromatic N) is 1. The Balaban J connectivity index is 1.84. The van der Waals surface area contributed by atoms with Crippen LogP contribution >= 0.6 is 0 Å². The first-order chi connectivity index (χ1) is 9.25. The molecular weight excluding hydrogens is 244 g/mol. The maximum Gasteiger partial charge on any atom is 0.260 e. The number of phenolic OH excluding ortho intramolecular Hbond substituents is 1. The molecule has 6 heteroatoms. The van der Waals surface area contributed by atoms with Gasteiger partial charge < -0.3 is 15.7 Å². The van der Waals surface area contributed by atoms with Crippen molar-refractivity contribution >= 4 is 11.7 Å². The summed E-state index contributed by atoms with van der Waals surface area (Å²) in [4.78, 5) is 12.1. The lowest BCUT2D eigenvalue weighted by molar-refractivity contribution is 0.102. The van der Waals surface area contributed by atoms with Crippen molar-refractivity contribution in [1.29, 1.82) is 0 Å². The van der Waals surface area contributed by atoms with Crippen LogP contribution in [0.3, 0.4) is 0 Å². The highest BCUT2D eigenvalue weighted by Crippen LogP contribution is 2.22. The minimum Gasteiger partial charge on any atom is -0.507 e. The molecule has 0 saturated carbocycles. The van der Waals surface area contributed by atoms with Gasteiger partial charge in [0.25, 0.3) is 5.91 Å². The van der Waals surface area contributed by atoms with Crippen molar-refractivity contribution in [3.05, 3.63) is 41.1 Å². The first kappa shape index (κ1) is 11.7. The number of para-hydroxylation sites is 1. The first-order valence-electron chi connectivity index (χ1n) is 6.12. The third-order valence-electron chi connectivity index (χ3n) is 3.19. The molecule has 98 valence electrons. The molecule has 2 aromatic rings. The fourth-order valence-electron chi connectivity index (χ4n) is 2.19. The zero-order chi connectivity index (χ0) is 13.2.